The molecule has 1 fully saturated rings. The summed E-state index contributed by atoms with van der Waals surface area (Å²) in [6.07, 6.45) is 0.00670. The first-order valence-corrected chi connectivity index (χ1v) is 12.2. The monoisotopic (exact) mass is 548 g/mol. The van der Waals surface area contributed by atoms with Gasteiger partial charge in [0, 0.05) is 25.0 Å². The maximum atomic E-state index is 13.3. The average Bonchev–Trinajstić information content (AvgIpc) is 3.31. The Hall–Kier alpha value is -4.25. The van der Waals surface area contributed by atoms with Crippen molar-refractivity contribution in [1.29, 1.82) is 0 Å². The highest BCUT2D eigenvalue weighted by molar-refractivity contribution is 7.13. The highest BCUT2D eigenvalue weighted by atomic mass is 32.1. The van der Waals surface area contributed by atoms with Crippen LogP contribution in [-0.2, 0) is 20.8 Å². The lowest BCUT2D eigenvalue weighted by Gasteiger charge is -2.33. The average molecular weight is 548 g/mol. The first-order valence-electron chi connectivity index (χ1n) is 11.3. The lowest BCUT2D eigenvalue weighted by Crippen LogP contribution is -2.60. The van der Waals surface area contributed by atoms with Gasteiger partial charge in [0.1, 0.15) is 12.4 Å². The molecule has 4 rings (SSSR count). The summed E-state index contributed by atoms with van der Waals surface area (Å²) in [6.45, 7) is -1.43. The zero-order chi connectivity index (χ0) is 27.6. The van der Waals surface area contributed by atoms with Crippen LogP contribution in [-0.4, -0.2) is 94.0 Å². The summed E-state index contributed by atoms with van der Waals surface area (Å²) >= 11 is 0.990. The molecule has 38 heavy (non-hydrogen) atoms. The van der Waals surface area contributed by atoms with E-state index in [1.807, 2.05) is 0 Å². The van der Waals surface area contributed by atoms with E-state index in [0.29, 0.717) is 10.5 Å². The van der Waals surface area contributed by atoms with E-state index in [1.54, 1.807) is 6.07 Å². The molecule has 200 valence electrons. The minimum atomic E-state index is -1.62. The van der Waals surface area contributed by atoms with Gasteiger partial charge in [0.25, 0.3) is 0 Å². The van der Waals surface area contributed by atoms with Crippen LogP contribution in [0.25, 0.3) is 0 Å². The zero-order valence-electron chi connectivity index (χ0n) is 19.6. The molecule has 17 heteroatoms. The Morgan fingerprint density at radius 2 is 2.05 bits per heavy atom. The van der Waals surface area contributed by atoms with Gasteiger partial charge in [-0.05, 0) is 18.1 Å². The Labute approximate surface area is 218 Å². The third-order valence-electron chi connectivity index (χ3n) is 5.95. The molecule has 14 nitrogen and oxygen atoms in total. The molecule has 2 aliphatic rings. The summed E-state index contributed by atoms with van der Waals surface area (Å²) < 4.78 is 18.0. The van der Waals surface area contributed by atoms with Crippen LogP contribution in [0.3, 0.4) is 0 Å². The van der Waals surface area contributed by atoms with Crippen LogP contribution in [0.2, 0.25) is 0 Å². The summed E-state index contributed by atoms with van der Waals surface area (Å²) in [5.74, 6) is -5.39. The Morgan fingerprint density at radius 1 is 1.29 bits per heavy atom. The second kappa shape index (κ2) is 11.0. The first-order chi connectivity index (χ1) is 18.1. The lowest BCUT2D eigenvalue weighted by atomic mass is 9.72. The number of benzene rings is 1. The molecule has 6 N–H and O–H groups in total. The van der Waals surface area contributed by atoms with E-state index in [4.69, 9.17) is 10.4 Å². The third-order valence-corrected chi connectivity index (χ3v) is 6.64. The molecule has 1 unspecified atom stereocenters. The number of nitrogen functional groups attached to an aromatic ring is 1. The highest BCUT2D eigenvalue weighted by Crippen LogP contribution is 2.30. The largest absolute Gasteiger partial charge is 0.547 e. The summed E-state index contributed by atoms with van der Waals surface area (Å²) in [7, 11) is -1.62. The predicted molar refractivity (Wildman–Crippen MR) is 130 cm³/mol. The van der Waals surface area contributed by atoms with Crippen molar-refractivity contribution in [3.8, 4) is 5.75 Å². The molecule has 1 aromatic carbocycles. The molecular weight excluding hydrogens is 526 g/mol. The molecule has 0 bridgehead atoms. The molecule has 1 saturated heterocycles. The molecule has 2 aromatic rings. The van der Waals surface area contributed by atoms with Crippen LogP contribution in [0.4, 0.5) is 14.3 Å². The molecule has 3 heterocycles. The number of halogens is 1. The van der Waals surface area contributed by atoms with Gasteiger partial charge in [-0.3, -0.25) is 19.3 Å². The number of carbonyl (C=O) groups excluding carboxylic acids is 4. The normalized spacial score (nSPS) is 17.9. The number of nitrogens with two attached hydrogens (primary N) is 1. The number of nitrogens with zero attached hydrogens (tertiary/aromatic N) is 3. The number of amides is 5. The number of alkyl halides is 1. The van der Waals surface area contributed by atoms with Crippen LogP contribution in [0.5, 0.6) is 5.75 Å². The van der Waals surface area contributed by atoms with E-state index in [9.17, 15) is 38.5 Å². The summed E-state index contributed by atoms with van der Waals surface area (Å²) in [5, 5.41) is 26.2. The molecule has 0 saturated carbocycles. The quantitative estimate of drug-likeness (QED) is 0.210. The molecule has 2 aliphatic heterocycles. The fourth-order valence-electron chi connectivity index (χ4n) is 4.07. The third kappa shape index (κ3) is 5.37. The molecular formula is C21H22BFN6O8S. The Morgan fingerprint density at radius 3 is 2.71 bits per heavy atom. The summed E-state index contributed by atoms with van der Waals surface area (Å²) in [5.41, 5.74) is 5.99. The molecule has 0 radical (unpaired) electrons. The van der Waals surface area contributed by atoms with Crippen molar-refractivity contribution < 1.29 is 43.1 Å². The van der Waals surface area contributed by atoms with Crippen molar-refractivity contribution in [2.45, 2.75) is 18.4 Å². The fraction of sp³-hybridized carbons (Fsp3) is 0.333. The number of aromatic nitrogens is 1. The fourth-order valence-corrected chi connectivity index (χ4v) is 4.66. The maximum Gasteiger partial charge on any atom is 0.547 e. The van der Waals surface area contributed by atoms with Gasteiger partial charge >= 0.3 is 30.9 Å². The van der Waals surface area contributed by atoms with E-state index in [1.165, 1.54) is 17.5 Å². The zero-order valence-corrected chi connectivity index (χ0v) is 20.4. The van der Waals surface area contributed by atoms with E-state index in [-0.39, 0.29) is 48.2 Å². The topological polar surface area (TPSA) is 204 Å². The Kier molecular flexibility index (Phi) is 7.77. The molecule has 5 amide bonds. The number of rotatable bonds is 7. The number of piperazine rings is 1. The SMILES string of the molecule is Nc1nc(C(NC(=O)N2CCN(CCF)C(=O)C2=O)C(=O)N[C@H]2Cc3cccc(C(=O)O)c3OB2O)cs1. The lowest BCUT2D eigenvalue weighted by molar-refractivity contribution is -0.153. The number of carboxylic acids is 1. The van der Waals surface area contributed by atoms with Crippen LogP contribution >= 0.6 is 11.3 Å². The van der Waals surface area contributed by atoms with Crippen molar-refractivity contribution in [1.82, 2.24) is 25.4 Å². The first kappa shape index (κ1) is 26.8. The van der Waals surface area contributed by atoms with Gasteiger partial charge in [0.15, 0.2) is 11.2 Å². The van der Waals surface area contributed by atoms with Crippen LogP contribution in [0, 0.1) is 0 Å². The van der Waals surface area contributed by atoms with Gasteiger partial charge in [-0.2, -0.15) is 0 Å². The van der Waals surface area contributed by atoms with Crippen molar-refractivity contribution in [2.75, 3.05) is 32.0 Å². The van der Waals surface area contributed by atoms with E-state index in [2.05, 4.69) is 15.6 Å². The van der Waals surface area contributed by atoms with Crippen molar-refractivity contribution in [3.63, 3.8) is 0 Å². The number of imide groups is 1. The van der Waals surface area contributed by atoms with Crippen molar-refractivity contribution in [3.05, 3.63) is 40.4 Å². The standard InChI is InChI=1S/C21H22BFN6O8S/c23-4-5-28-6-7-29(18(32)17(28)31)21(35)27-14(12-9-38-20(24)25-12)16(30)26-13-8-10-2-1-3-11(19(33)34)15(10)37-22(13)36/h1-3,9,13-14,36H,4-8H2,(H2,24,25)(H,26,30)(H,27,35)(H,33,34)/t13-,14?/m0/s1. The molecule has 2 atom stereocenters. The molecule has 0 spiro atoms. The summed E-state index contributed by atoms with van der Waals surface area (Å²) in [6, 6.07) is 1.84. The van der Waals surface area contributed by atoms with Crippen LogP contribution in [0.1, 0.15) is 27.7 Å². The maximum absolute atomic E-state index is 13.3. The number of nitrogens with one attached hydrogen (secondary N) is 2. The number of carbonyl (C=O) groups is 5. The number of anilines is 1. The second-order valence-corrected chi connectivity index (χ2v) is 9.25. The molecule has 0 aliphatic carbocycles. The number of para-hydroxylation sites is 1. The van der Waals surface area contributed by atoms with Gasteiger partial charge in [0.05, 0.1) is 17.2 Å². The number of aromatic carboxylic acids is 1. The number of hydrogen-bond donors (Lipinski definition) is 5. The van der Waals surface area contributed by atoms with Crippen LogP contribution < -0.4 is 21.0 Å². The minimum Gasteiger partial charge on any atom is -0.534 e. The van der Waals surface area contributed by atoms with Crippen LogP contribution in [0.15, 0.2) is 23.6 Å². The van der Waals surface area contributed by atoms with Crippen molar-refractivity contribution >= 4 is 53.3 Å². The Balaban J connectivity index is 1.51. The minimum absolute atomic E-state index is 0.00670. The van der Waals surface area contributed by atoms with Gasteiger partial charge < -0.3 is 36.1 Å². The number of hydrogen-bond acceptors (Lipinski definition) is 10. The van der Waals surface area contributed by atoms with E-state index in [0.717, 1.165) is 16.2 Å². The number of urea groups is 1. The second-order valence-electron chi connectivity index (χ2n) is 8.36. The smallest absolute Gasteiger partial charge is 0.534 e. The number of fused-ring (bicyclic) bond motifs is 1. The number of carboxylic acid groups (broad SMARTS) is 1. The van der Waals surface area contributed by atoms with Gasteiger partial charge in [-0.25, -0.2) is 19.0 Å². The molecule has 1 aromatic heterocycles. The van der Waals surface area contributed by atoms with Crippen molar-refractivity contribution in [2.24, 2.45) is 0 Å². The summed E-state index contributed by atoms with van der Waals surface area (Å²) in [4.78, 5) is 67.9. The predicted octanol–water partition coefficient (Wildman–Crippen LogP) is -1.05. The van der Waals surface area contributed by atoms with Gasteiger partial charge in [-0.15, -0.1) is 11.3 Å². The van der Waals surface area contributed by atoms with Gasteiger partial charge in [0.2, 0.25) is 5.91 Å². The Bertz CT molecular complexity index is 1290. The highest BCUT2D eigenvalue weighted by Gasteiger charge is 2.41. The van der Waals surface area contributed by atoms with E-state index >= 15 is 0 Å². The van der Waals surface area contributed by atoms with Gasteiger partial charge in [-0.1, -0.05) is 12.1 Å². The van der Waals surface area contributed by atoms with E-state index < -0.39 is 55.5 Å². The number of thiazole rings is 1.